The number of aromatic nitrogens is 1. The van der Waals surface area contributed by atoms with Crippen molar-refractivity contribution in [2.75, 3.05) is 25.7 Å². The molecule has 0 atom stereocenters. The van der Waals surface area contributed by atoms with Crippen molar-refractivity contribution in [3.63, 3.8) is 0 Å². The van der Waals surface area contributed by atoms with Crippen molar-refractivity contribution in [2.45, 2.75) is 25.8 Å². The Morgan fingerprint density at radius 1 is 1.14 bits per heavy atom. The molecular weight excluding hydrogens is 280 g/mol. The Balaban J connectivity index is 1.85. The number of para-hydroxylation sites is 1. The van der Waals surface area contributed by atoms with Gasteiger partial charge in [0.05, 0.1) is 12.8 Å². The summed E-state index contributed by atoms with van der Waals surface area (Å²) in [5, 5.41) is 4.59. The third-order valence-electron chi connectivity index (χ3n) is 3.47. The first-order valence-corrected chi connectivity index (χ1v) is 8.87. The van der Waals surface area contributed by atoms with E-state index >= 15 is 0 Å². The second kappa shape index (κ2) is 8.90. The van der Waals surface area contributed by atoms with Crippen LogP contribution in [0.5, 0.6) is 5.75 Å². The molecule has 1 N–H and O–H groups in total. The lowest BCUT2D eigenvalue weighted by Crippen LogP contribution is -2.15. The van der Waals surface area contributed by atoms with Gasteiger partial charge in [-0.15, -0.1) is 0 Å². The van der Waals surface area contributed by atoms with Crippen molar-refractivity contribution in [3.8, 4) is 5.75 Å². The number of rotatable bonds is 9. The number of nitrogens with zero attached hydrogens (tertiary/aromatic N) is 1. The lowest BCUT2D eigenvalue weighted by Gasteiger charge is -2.08. The number of fused-ring (bicyclic) bond motifs is 1. The summed E-state index contributed by atoms with van der Waals surface area (Å²) in [7, 11) is 1.69. The summed E-state index contributed by atoms with van der Waals surface area (Å²) in [5.41, 5.74) is 2.01. The zero-order valence-corrected chi connectivity index (χ0v) is 13.7. The lowest BCUT2D eigenvalue weighted by molar-refractivity contribution is 0.418. The summed E-state index contributed by atoms with van der Waals surface area (Å²) in [6.07, 6.45) is 6.01. The van der Waals surface area contributed by atoms with Gasteiger partial charge in [-0.3, -0.25) is 0 Å². The Labute approximate surface area is 131 Å². The molecule has 0 radical (unpaired) electrons. The maximum Gasteiger partial charge on any atom is 0.145 e. The number of methoxy groups -OCH3 is 1. The fraction of sp³-hybridized carbons (Fsp3) is 0.471. The van der Waals surface area contributed by atoms with Gasteiger partial charge in [-0.25, -0.2) is 4.98 Å². The maximum absolute atomic E-state index is 5.38. The first kappa shape index (κ1) is 16.1. The summed E-state index contributed by atoms with van der Waals surface area (Å²) >= 11 is 1.92. The van der Waals surface area contributed by atoms with Crippen molar-refractivity contribution in [1.82, 2.24) is 10.3 Å². The zero-order chi connectivity index (χ0) is 14.9. The number of hydrogen-bond acceptors (Lipinski definition) is 4. The van der Waals surface area contributed by atoms with E-state index in [0.717, 1.165) is 35.4 Å². The topological polar surface area (TPSA) is 34.1 Å². The van der Waals surface area contributed by atoms with E-state index in [2.05, 4.69) is 29.8 Å². The monoisotopic (exact) mass is 304 g/mol. The fourth-order valence-corrected chi connectivity index (χ4v) is 2.81. The van der Waals surface area contributed by atoms with Crippen LogP contribution < -0.4 is 10.1 Å². The van der Waals surface area contributed by atoms with Crippen molar-refractivity contribution >= 4 is 22.7 Å². The first-order valence-electron chi connectivity index (χ1n) is 7.47. The number of ether oxygens (including phenoxy) is 1. The number of pyridine rings is 1. The van der Waals surface area contributed by atoms with Crippen LogP contribution in [0.4, 0.5) is 0 Å². The molecule has 0 aliphatic heterocycles. The van der Waals surface area contributed by atoms with Crippen molar-refractivity contribution in [2.24, 2.45) is 0 Å². The van der Waals surface area contributed by atoms with Crippen LogP contribution in [-0.2, 0) is 6.54 Å². The minimum atomic E-state index is 0.816. The van der Waals surface area contributed by atoms with Gasteiger partial charge in [-0.05, 0) is 43.5 Å². The van der Waals surface area contributed by atoms with Crippen LogP contribution in [0.3, 0.4) is 0 Å². The van der Waals surface area contributed by atoms with Gasteiger partial charge >= 0.3 is 0 Å². The summed E-state index contributed by atoms with van der Waals surface area (Å²) in [5.74, 6) is 2.11. The van der Waals surface area contributed by atoms with Crippen LogP contribution in [-0.4, -0.2) is 30.6 Å². The molecule has 1 aromatic heterocycles. The quantitative estimate of drug-likeness (QED) is 0.713. The standard InChI is InChI=1S/C17H24N2OS/c1-20-16-8-6-7-14-9-10-15(19-17(14)16)13-18-11-4-3-5-12-21-2/h6-10,18H,3-5,11-13H2,1-2H3. The average molecular weight is 304 g/mol. The third kappa shape index (κ3) is 4.90. The van der Waals surface area contributed by atoms with E-state index < -0.39 is 0 Å². The molecule has 0 unspecified atom stereocenters. The molecule has 0 bridgehead atoms. The molecule has 1 heterocycles. The molecule has 2 aromatic rings. The van der Waals surface area contributed by atoms with Crippen molar-refractivity contribution in [1.29, 1.82) is 0 Å². The second-order valence-electron chi connectivity index (χ2n) is 5.06. The largest absolute Gasteiger partial charge is 0.494 e. The van der Waals surface area contributed by atoms with E-state index in [1.165, 1.54) is 25.0 Å². The Bertz CT molecular complexity index is 559. The van der Waals surface area contributed by atoms with Gasteiger partial charge in [0.25, 0.3) is 0 Å². The molecule has 0 spiro atoms. The minimum Gasteiger partial charge on any atom is -0.494 e. The van der Waals surface area contributed by atoms with Gasteiger partial charge in [0, 0.05) is 11.9 Å². The summed E-state index contributed by atoms with van der Waals surface area (Å²) < 4.78 is 5.38. The van der Waals surface area contributed by atoms with E-state index in [1.54, 1.807) is 7.11 Å². The van der Waals surface area contributed by atoms with Gasteiger partial charge < -0.3 is 10.1 Å². The van der Waals surface area contributed by atoms with Crippen molar-refractivity contribution < 1.29 is 4.74 Å². The fourth-order valence-electron chi connectivity index (χ4n) is 2.31. The van der Waals surface area contributed by atoms with Crippen molar-refractivity contribution in [3.05, 3.63) is 36.0 Å². The third-order valence-corrected chi connectivity index (χ3v) is 4.17. The molecular formula is C17H24N2OS. The maximum atomic E-state index is 5.38. The van der Waals surface area contributed by atoms with Gasteiger partial charge in [-0.2, -0.15) is 11.8 Å². The Morgan fingerprint density at radius 2 is 2.05 bits per heavy atom. The molecule has 114 valence electrons. The highest BCUT2D eigenvalue weighted by atomic mass is 32.2. The second-order valence-corrected chi connectivity index (χ2v) is 6.05. The smallest absolute Gasteiger partial charge is 0.145 e. The highest BCUT2D eigenvalue weighted by molar-refractivity contribution is 7.98. The van der Waals surface area contributed by atoms with E-state index in [9.17, 15) is 0 Å². The molecule has 1 aromatic carbocycles. The van der Waals surface area contributed by atoms with Gasteiger partial charge in [0.1, 0.15) is 11.3 Å². The van der Waals surface area contributed by atoms with E-state index in [-0.39, 0.29) is 0 Å². The summed E-state index contributed by atoms with van der Waals surface area (Å²) in [6.45, 7) is 1.87. The normalized spacial score (nSPS) is 11.0. The Kier molecular flexibility index (Phi) is 6.83. The van der Waals surface area contributed by atoms with E-state index in [1.807, 2.05) is 23.9 Å². The highest BCUT2D eigenvalue weighted by Gasteiger charge is 2.03. The lowest BCUT2D eigenvalue weighted by atomic mass is 10.2. The zero-order valence-electron chi connectivity index (χ0n) is 12.9. The van der Waals surface area contributed by atoms with Crippen LogP contribution in [0.2, 0.25) is 0 Å². The molecule has 21 heavy (non-hydrogen) atoms. The van der Waals surface area contributed by atoms with Crippen LogP contribution in [0.1, 0.15) is 25.0 Å². The van der Waals surface area contributed by atoms with Crippen LogP contribution in [0.15, 0.2) is 30.3 Å². The Hall–Kier alpha value is -1.26. The molecule has 0 fully saturated rings. The highest BCUT2D eigenvalue weighted by Crippen LogP contribution is 2.23. The number of hydrogen-bond donors (Lipinski definition) is 1. The summed E-state index contributed by atoms with van der Waals surface area (Å²) in [6, 6.07) is 10.2. The van der Waals surface area contributed by atoms with E-state index in [4.69, 9.17) is 9.72 Å². The van der Waals surface area contributed by atoms with E-state index in [0.29, 0.717) is 0 Å². The number of benzene rings is 1. The molecule has 2 rings (SSSR count). The first-order chi connectivity index (χ1) is 10.3. The number of nitrogens with one attached hydrogen (secondary N) is 1. The molecule has 0 saturated carbocycles. The average Bonchev–Trinajstić information content (AvgIpc) is 2.53. The van der Waals surface area contributed by atoms with Gasteiger partial charge in [0.2, 0.25) is 0 Å². The molecule has 0 aliphatic rings. The minimum absolute atomic E-state index is 0.816. The molecule has 0 aliphatic carbocycles. The molecule has 4 heteroatoms. The number of thioether (sulfide) groups is 1. The predicted octanol–water partition coefficient (Wildman–Crippen LogP) is 3.87. The SMILES string of the molecule is COc1cccc2ccc(CNCCCCCSC)nc12. The van der Waals surface area contributed by atoms with Crippen LogP contribution in [0.25, 0.3) is 10.9 Å². The van der Waals surface area contributed by atoms with Gasteiger partial charge in [-0.1, -0.05) is 24.6 Å². The van der Waals surface area contributed by atoms with Crippen LogP contribution in [0, 0.1) is 0 Å². The molecule has 0 amide bonds. The van der Waals surface area contributed by atoms with Gasteiger partial charge in [0.15, 0.2) is 0 Å². The molecule has 0 saturated heterocycles. The van der Waals surface area contributed by atoms with Crippen LogP contribution >= 0.6 is 11.8 Å². The predicted molar refractivity (Wildman–Crippen MR) is 92.2 cm³/mol. The Morgan fingerprint density at radius 3 is 2.86 bits per heavy atom. The summed E-state index contributed by atoms with van der Waals surface area (Å²) in [4.78, 5) is 4.70. The number of unbranched alkanes of at least 4 members (excludes halogenated alkanes) is 2. The molecule has 3 nitrogen and oxygen atoms in total.